The Morgan fingerprint density at radius 3 is 2.61 bits per heavy atom. The molecule has 0 aliphatic rings. The predicted octanol–water partition coefficient (Wildman–Crippen LogP) is 4.95. The van der Waals surface area contributed by atoms with Crippen LogP contribution in [0.3, 0.4) is 0 Å². The quantitative estimate of drug-likeness (QED) is 0.331. The molecule has 0 spiro atoms. The van der Waals surface area contributed by atoms with E-state index in [0.29, 0.717) is 15.7 Å². The average molecular weight is 453 g/mol. The lowest BCUT2D eigenvalue weighted by molar-refractivity contribution is 0.0950. The topological polar surface area (TPSA) is 88.0 Å². The molecule has 7 nitrogen and oxygen atoms in total. The summed E-state index contributed by atoms with van der Waals surface area (Å²) in [6.45, 7) is 3.85. The van der Waals surface area contributed by atoms with Crippen molar-refractivity contribution in [1.29, 1.82) is 0 Å². The fourth-order valence-corrected chi connectivity index (χ4v) is 3.42. The van der Waals surface area contributed by atoms with Gasteiger partial charge in [0.2, 0.25) is 0 Å². The number of hydrogen-bond donors (Lipinski definition) is 2. The average Bonchev–Trinajstić information content (AvgIpc) is 3.37. The number of H-pyrrole nitrogens is 1. The minimum absolute atomic E-state index is 0.270. The van der Waals surface area contributed by atoms with Crippen LogP contribution in [0.2, 0.25) is 10.0 Å². The number of rotatable bonds is 5. The van der Waals surface area contributed by atoms with Gasteiger partial charge in [0.25, 0.3) is 5.91 Å². The maximum absolute atomic E-state index is 12.4. The van der Waals surface area contributed by atoms with Crippen LogP contribution in [0.15, 0.2) is 59.7 Å². The van der Waals surface area contributed by atoms with E-state index in [1.54, 1.807) is 30.5 Å². The summed E-state index contributed by atoms with van der Waals surface area (Å²) in [5.41, 5.74) is 7.62. The summed E-state index contributed by atoms with van der Waals surface area (Å²) in [4.78, 5) is 12.4. The fourth-order valence-electron chi connectivity index (χ4n) is 3.12. The molecule has 2 aromatic carbocycles. The molecule has 2 aromatic heterocycles. The number of benzene rings is 2. The number of nitrogens with zero attached hydrogens (tertiary/aromatic N) is 4. The number of nitrogens with one attached hydrogen (secondary N) is 2. The van der Waals surface area contributed by atoms with Crippen molar-refractivity contribution in [2.24, 2.45) is 5.10 Å². The summed E-state index contributed by atoms with van der Waals surface area (Å²) in [5.74, 6) is -0.416. The van der Waals surface area contributed by atoms with Crippen molar-refractivity contribution in [3.8, 4) is 16.9 Å². The molecule has 31 heavy (non-hydrogen) atoms. The Hall–Kier alpha value is -3.42. The molecule has 0 radical (unpaired) electrons. The third-order valence-corrected chi connectivity index (χ3v) is 5.48. The molecule has 0 aliphatic heterocycles. The smallest absolute Gasteiger partial charge is 0.272 e. The number of hydrazone groups is 1. The zero-order valence-corrected chi connectivity index (χ0v) is 18.2. The van der Waals surface area contributed by atoms with E-state index in [-0.39, 0.29) is 5.69 Å². The van der Waals surface area contributed by atoms with Crippen molar-refractivity contribution in [1.82, 2.24) is 25.4 Å². The van der Waals surface area contributed by atoms with Crippen LogP contribution in [-0.4, -0.2) is 32.1 Å². The van der Waals surface area contributed by atoms with Crippen LogP contribution >= 0.6 is 23.2 Å². The number of para-hydroxylation sites is 1. The highest BCUT2D eigenvalue weighted by molar-refractivity contribution is 6.42. The highest BCUT2D eigenvalue weighted by atomic mass is 35.5. The summed E-state index contributed by atoms with van der Waals surface area (Å²) >= 11 is 12.0. The summed E-state index contributed by atoms with van der Waals surface area (Å²) in [5, 5.41) is 16.4. The van der Waals surface area contributed by atoms with E-state index in [0.717, 1.165) is 28.2 Å². The Labute approximate surface area is 188 Å². The first kappa shape index (κ1) is 20.8. The van der Waals surface area contributed by atoms with Gasteiger partial charge in [0.1, 0.15) is 5.69 Å². The van der Waals surface area contributed by atoms with Crippen molar-refractivity contribution in [3.63, 3.8) is 0 Å². The van der Waals surface area contributed by atoms with Gasteiger partial charge in [-0.1, -0.05) is 47.5 Å². The maximum atomic E-state index is 12.4. The van der Waals surface area contributed by atoms with Crippen molar-refractivity contribution in [2.75, 3.05) is 0 Å². The van der Waals surface area contributed by atoms with Crippen LogP contribution in [0.25, 0.3) is 16.9 Å². The molecular formula is C22H18Cl2N6O. The first-order chi connectivity index (χ1) is 14.9. The number of carbonyl (C=O) groups is 1. The Balaban J connectivity index is 1.48. The standard InChI is InChI=1S/C22H18Cl2N6O/c1-13-17(14(2)30(29-13)16-6-4-3-5-7-16)12-25-28-22(31)21-11-20(26-27-21)15-8-9-18(23)19(24)10-15/h3-12H,1-2H3,(H,26,27)(H,28,31)/b25-12+. The first-order valence-electron chi connectivity index (χ1n) is 9.40. The van der Waals surface area contributed by atoms with Crippen LogP contribution in [0.5, 0.6) is 0 Å². The lowest BCUT2D eigenvalue weighted by Gasteiger charge is -2.03. The molecule has 4 aromatic rings. The predicted molar refractivity (Wildman–Crippen MR) is 122 cm³/mol. The first-order valence-corrected chi connectivity index (χ1v) is 10.2. The van der Waals surface area contributed by atoms with Crippen LogP contribution in [-0.2, 0) is 0 Å². The maximum Gasteiger partial charge on any atom is 0.289 e. The summed E-state index contributed by atoms with van der Waals surface area (Å²) in [7, 11) is 0. The summed E-state index contributed by atoms with van der Waals surface area (Å²) in [6.07, 6.45) is 1.59. The zero-order chi connectivity index (χ0) is 22.0. The highest BCUT2D eigenvalue weighted by Crippen LogP contribution is 2.27. The van der Waals surface area contributed by atoms with E-state index >= 15 is 0 Å². The second-order valence-electron chi connectivity index (χ2n) is 6.83. The van der Waals surface area contributed by atoms with E-state index in [1.807, 2.05) is 48.9 Å². The highest BCUT2D eigenvalue weighted by Gasteiger charge is 2.13. The van der Waals surface area contributed by atoms with Crippen molar-refractivity contribution in [3.05, 3.63) is 87.3 Å². The second kappa shape index (κ2) is 8.75. The van der Waals surface area contributed by atoms with E-state index in [2.05, 4.69) is 25.8 Å². The number of aromatic nitrogens is 4. The molecule has 0 atom stereocenters. The molecule has 4 rings (SSSR count). The number of aryl methyl sites for hydroxylation is 1. The molecule has 0 fully saturated rings. The molecule has 0 saturated carbocycles. The Morgan fingerprint density at radius 2 is 1.87 bits per heavy atom. The number of hydrogen-bond acceptors (Lipinski definition) is 4. The largest absolute Gasteiger partial charge is 0.289 e. The third kappa shape index (κ3) is 4.38. The minimum Gasteiger partial charge on any atom is -0.272 e. The normalized spacial score (nSPS) is 11.2. The van der Waals surface area contributed by atoms with E-state index < -0.39 is 5.91 Å². The van der Waals surface area contributed by atoms with Crippen LogP contribution in [0, 0.1) is 13.8 Å². The minimum atomic E-state index is -0.416. The van der Waals surface area contributed by atoms with Gasteiger partial charge in [0.15, 0.2) is 0 Å². The number of aromatic amines is 1. The molecular weight excluding hydrogens is 435 g/mol. The van der Waals surface area contributed by atoms with Gasteiger partial charge in [-0.15, -0.1) is 0 Å². The third-order valence-electron chi connectivity index (χ3n) is 4.75. The fraction of sp³-hybridized carbons (Fsp3) is 0.0909. The molecule has 0 unspecified atom stereocenters. The number of carbonyl (C=O) groups excluding carboxylic acids is 1. The van der Waals surface area contributed by atoms with Gasteiger partial charge in [0.05, 0.1) is 39.0 Å². The van der Waals surface area contributed by atoms with Crippen LogP contribution in [0.1, 0.15) is 27.4 Å². The Morgan fingerprint density at radius 1 is 1.10 bits per heavy atom. The van der Waals surface area contributed by atoms with Gasteiger partial charge < -0.3 is 0 Å². The van der Waals surface area contributed by atoms with E-state index in [1.165, 1.54) is 0 Å². The summed E-state index contributed by atoms with van der Waals surface area (Å²) < 4.78 is 1.84. The molecule has 0 saturated heterocycles. The van der Waals surface area contributed by atoms with Gasteiger partial charge in [-0.3, -0.25) is 9.89 Å². The lowest BCUT2D eigenvalue weighted by atomic mass is 10.1. The van der Waals surface area contributed by atoms with Gasteiger partial charge >= 0.3 is 0 Å². The second-order valence-corrected chi connectivity index (χ2v) is 7.64. The molecule has 2 heterocycles. The number of amides is 1. The Kier molecular flexibility index (Phi) is 5.88. The molecule has 1 amide bonds. The summed E-state index contributed by atoms with van der Waals surface area (Å²) in [6, 6.07) is 16.6. The van der Waals surface area contributed by atoms with Crippen molar-refractivity contribution < 1.29 is 4.79 Å². The van der Waals surface area contributed by atoms with Gasteiger partial charge in [0, 0.05) is 11.1 Å². The Bertz CT molecular complexity index is 1280. The number of halogens is 2. The molecule has 0 aliphatic carbocycles. The van der Waals surface area contributed by atoms with E-state index in [4.69, 9.17) is 23.2 Å². The van der Waals surface area contributed by atoms with Crippen molar-refractivity contribution >= 4 is 35.3 Å². The molecule has 9 heteroatoms. The monoisotopic (exact) mass is 452 g/mol. The van der Waals surface area contributed by atoms with Gasteiger partial charge in [-0.2, -0.15) is 15.3 Å². The zero-order valence-electron chi connectivity index (χ0n) is 16.7. The van der Waals surface area contributed by atoms with E-state index in [9.17, 15) is 4.79 Å². The SMILES string of the molecule is Cc1nn(-c2ccccc2)c(C)c1/C=N/NC(=O)c1cc(-c2ccc(Cl)c(Cl)c2)n[nH]1. The van der Waals surface area contributed by atoms with Crippen LogP contribution in [0.4, 0.5) is 0 Å². The van der Waals surface area contributed by atoms with Crippen LogP contribution < -0.4 is 5.43 Å². The molecule has 0 bridgehead atoms. The molecule has 156 valence electrons. The lowest BCUT2D eigenvalue weighted by Crippen LogP contribution is -2.18. The van der Waals surface area contributed by atoms with Gasteiger partial charge in [-0.05, 0) is 44.2 Å². The van der Waals surface area contributed by atoms with Crippen molar-refractivity contribution in [2.45, 2.75) is 13.8 Å². The van der Waals surface area contributed by atoms with Gasteiger partial charge in [-0.25, -0.2) is 10.1 Å². The molecule has 2 N–H and O–H groups in total.